The van der Waals surface area contributed by atoms with Gasteiger partial charge < -0.3 is 9.47 Å². The van der Waals surface area contributed by atoms with Crippen LogP contribution in [0.2, 0.25) is 0 Å². The lowest BCUT2D eigenvalue weighted by Crippen LogP contribution is -2.47. The summed E-state index contributed by atoms with van der Waals surface area (Å²) < 4.78 is 36.6. The lowest BCUT2D eigenvalue weighted by molar-refractivity contribution is -0.143. The summed E-state index contributed by atoms with van der Waals surface area (Å²) in [6.07, 6.45) is 0.563. The van der Waals surface area contributed by atoms with E-state index >= 15 is 0 Å². The van der Waals surface area contributed by atoms with E-state index in [1.807, 2.05) is 6.92 Å². The number of esters is 1. The molecule has 1 N–H and O–H groups in total. The van der Waals surface area contributed by atoms with Crippen molar-refractivity contribution in [2.24, 2.45) is 11.8 Å². The third-order valence-electron chi connectivity index (χ3n) is 3.35. The highest BCUT2D eigenvalue weighted by Crippen LogP contribution is 2.21. The maximum atomic E-state index is 12.1. The van der Waals surface area contributed by atoms with Gasteiger partial charge in [0, 0.05) is 6.61 Å². The van der Waals surface area contributed by atoms with E-state index in [2.05, 4.69) is 9.46 Å². The first kappa shape index (κ1) is 16.4. The molecule has 1 heterocycles. The predicted octanol–water partition coefficient (Wildman–Crippen LogP) is 0.528. The highest BCUT2D eigenvalue weighted by Gasteiger charge is 2.33. The molecule has 0 aromatic rings. The van der Waals surface area contributed by atoms with Crippen LogP contribution in [0, 0.1) is 11.8 Å². The highest BCUT2D eigenvalue weighted by atomic mass is 32.2. The summed E-state index contributed by atoms with van der Waals surface area (Å²) in [4.78, 5) is 11.6. The molecular formula is C12H23NO5S. The van der Waals surface area contributed by atoms with Gasteiger partial charge in [0.25, 0.3) is 0 Å². The first-order valence-electron chi connectivity index (χ1n) is 6.46. The zero-order valence-corrected chi connectivity index (χ0v) is 12.7. The summed E-state index contributed by atoms with van der Waals surface area (Å²) in [7, 11) is -2.33. The molecule has 0 radical (unpaired) electrons. The van der Waals surface area contributed by atoms with Crippen molar-refractivity contribution < 1.29 is 22.7 Å². The molecule has 1 aliphatic rings. The Morgan fingerprint density at radius 2 is 2.11 bits per heavy atom. The van der Waals surface area contributed by atoms with Crippen molar-refractivity contribution in [3.63, 3.8) is 0 Å². The van der Waals surface area contributed by atoms with Crippen LogP contribution >= 0.6 is 0 Å². The van der Waals surface area contributed by atoms with Crippen LogP contribution in [0.4, 0.5) is 0 Å². The second kappa shape index (κ2) is 6.67. The van der Waals surface area contributed by atoms with Gasteiger partial charge in [0.1, 0.15) is 6.04 Å². The molecule has 1 rings (SSSR count). The number of carbonyl (C=O) groups is 1. The fraction of sp³-hybridized carbons (Fsp3) is 0.917. The number of ether oxygens (including phenoxy) is 2. The SMILES string of the molecule is COC(=O)[C@@H](NS(=O)(=O)C[C@@H]1OCC[C@@H]1C)C(C)C. The molecule has 6 nitrogen and oxygen atoms in total. The zero-order chi connectivity index (χ0) is 14.6. The molecule has 0 spiro atoms. The van der Waals surface area contributed by atoms with Crippen molar-refractivity contribution in [2.45, 2.75) is 39.3 Å². The minimum atomic E-state index is -3.57. The van der Waals surface area contributed by atoms with Crippen LogP contribution in [-0.4, -0.2) is 46.0 Å². The number of nitrogens with one attached hydrogen (secondary N) is 1. The Labute approximate surface area is 114 Å². The van der Waals surface area contributed by atoms with Gasteiger partial charge in [-0.15, -0.1) is 0 Å². The Morgan fingerprint density at radius 3 is 2.53 bits per heavy atom. The monoisotopic (exact) mass is 293 g/mol. The minimum absolute atomic E-state index is 0.117. The maximum Gasteiger partial charge on any atom is 0.324 e. The molecule has 1 saturated heterocycles. The van der Waals surface area contributed by atoms with Crippen LogP contribution in [-0.2, 0) is 24.3 Å². The Balaban J connectivity index is 2.68. The van der Waals surface area contributed by atoms with Gasteiger partial charge in [0.05, 0.1) is 19.0 Å². The summed E-state index contributed by atoms with van der Waals surface area (Å²) in [5, 5.41) is 0. The summed E-state index contributed by atoms with van der Waals surface area (Å²) >= 11 is 0. The number of hydrogen-bond acceptors (Lipinski definition) is 5. The lowest BCUT2D eigenvalue weighted by atomic mass is 10.1. The van der Waals surface area contributed by atoms with Gasteiger partial charge in [-0.2, -0.15) is 0 Å². The lowest BCUT2D eigenvalue weighted by Gasteiger charge is -2.21. The minimum Gasteiger partial charge on any atom is -0.468 e. The Morgan fingerprint density at radius 1 is 1.47 bits per heavy atom. The van der Waals surface area contributed by atoms with Crippen LogP contribution in [0.15, 0.2) is 0 Å². The molecule has 1 fully saturated rings. The first-order valence-corrected chi connectivity index (χ1v) is 8.11. The van der Waals surface area contributed by atoms with Gasteiger partial charge in [-0.05, 0) is 18.3 Å². The number of hydrogen-bond donors (Lipinski definition) is 1. The molecule has 0 unspecified atom stereocenters. The van der Waals surface area contributed by atoms with Crippen LogP contribution in [0.25, 0.3) is 0 Å². The molecule has 0 bridgehead atoms. The van der Waals surface area contributed by atoms with E-state index in [0.29, 0.717) is 6.61 Å². The quantitative estimate of drug-likeness (QED) is 0.722. The smallest absolute Gasteiger partial charge is 0.324 e. The number of sulfonamides is 1. The fourth-order valence-electron chi connectivity index (χ4n) is 2.01. The maximum absolute atomic E-state index is 12.1. The van der Waals surface area contributed by atoms with Gasteiger partial charge >= 0.3 is 5.97 Å². The molecule has 3 atom stereocenters. The van der Waals surface area contributed by atoms with E-state index in [1.165, 1.54) is 7.11 Å². The first-order chi connectivity index (χ1) is 8.76. The average Bonchev–Trinajstić information content (AvgIpc) is 2.70. The van der Waals surface area contributed by atoms with Gasteiger partial charge in [-0.3, -0.25) is 4.79 Å². The van der Waals surface area contributed by atoms with E-state index in [1.54, 1.807) is 13.8 Å². The largest absolute Gasteiger partial charge is 0.468 e. The van der Waals surface area contributed by atoms with E-state index in [9.17, 15) is 13.2 Å². The van der Waals surface area contributed by atoms with Crippen molar-refractivity contribution >= 4 is 16.0 Å². The molecule has 112 valence electrons. The Bertz CT molecular complexity index is 406. The molecule has 0 aromatic carbocycles. The standard InChI is InChI=1S/C12H23NO5S/c1-8(2)11(12(14)17-4)13-19(15,16)7-10-9(3)5-6-18-10/h8-11,13H,5-7H2,1-4H3/t9-,10-,11-/m0/s1. The average molecular weight is 293 g/mol. The van der Waals surface area contributed by atoms with Gasteiger partial charge in [0.15, 0.2) is 0 Å². The third kappa shape index (κ3) is 4.74. The van der Waals surface area contributed by atoms with Crippen molar-refractivity contribution in [3.8, 4) is 0 Å². The molecule has 7 heteroatoms. The number of methoxy groups -OCH3 is 1. The summed E-state index contributed by atoms with van der Waals surface area (Å²) in [5.41, 5.74) is 0. The summed E-state index contributed by atoms with van der Waals surface area (Å²) in [5.74, 6) is -0.649. The van der Waals surface area contributed by atoms with Crippen molar-refractivity contribution in [3.05, 3.63) is 0 Å². The zero-order valence-electron chi connectivity index (χ0n) is 11.9. The van der Waals surface area contributed by atoms with Gasteiger partial charge in [-0.25, -0.2) is 13.1 Å². The second-order valence-corrected chi connectivity index (χ2v) is 7.12. The summed E-state index contributed by atoms with van der Waals surface area (Å²) in [6, 6.07) is -0.855. The topological polar surface area (TPSA) is 81.7 Å². The van der Waals surface area contributed by atoms with E-state index in [0.717, 1.165) is 6.42 Å². The molecular weight excluding hydrogens is 270 g/mol. The Kier molecular flexibility index (Phi) is 5.76. The van der Waals surface area contributed by atoms with Crippen molar-refractivity contribution in [1.82, 2.24) is 4.72 Å². The number of carbonyl (C=O) groups excluding carboxylic acids is 1. The molecule has 1 aliphatic heterocycles. The second-order valence-electron chi connectivity index (χ2n) is 5.32. The fourth-order valence-corrected chi connectivity index (χ4v) is 3.72. The van der Waals surface area contributed by atoms with Gasteiger partial charge in [-0.1, -0.05) is 20.8 Å². The van der Waals surface area contributed by atoms with E-state index in [-0.39, 0.29) is 23.7 Å². The van der Waals surface area contributed by atoms with Gasteiger partial charge in [0.2, 0.25) is 10.0 Å². The molecule has 0 aromatic heterocycles. The van der Waals surface area contributed by atoms with Crippen LogP contribution in [0.1, 0.15) is 27.2 Å². The highest BCUT2D eigenvalue weighted by molar-refractivity contribution is 7.89. The summed E-state index contributed by atoms with van der Waals surface area (Å²) in [6.45, 7) is 6.08. The Hall–Kier alpha value is -0.660. The normalized spacial score (nSPS) is 25.5. The van der Waals surface area contributed by atoms with Crippen molar-refractivity contribution in [1.29, 1.82) is 0 Å². The molecule has 0 amide bonds. The van der Waals surface area contributed by atoms with Crippen LogP contribution in [0.3, 0.4) is 0 Å². The van der Waals surface area contributed by atoms with E-state index < -0.39 is 22.0 Å². The molecule has 0 saturated carbocycles. The van der Waals surface area contributed by atoms with E-state index in [4.69, 9.17) is 4.74 Å². The molecule has 0 aliphatic carbocycles. The third-order valence-corrected chi connectivity index (χ3v) is 4.73. The number of rotatable bonds is 6. The molecule has 19 heavy (non-hydrogen) atoms. The van der Waals surface area contributed by atoms with Crippen LogP contribution < -0.4 is 4.72 Å². The van der Waals surface area contributed by atoms with Crippen molar-refractivity contribution in [2.75, 3.05) is 19.5 Å². The van der Waals surface area contributed by atoms with Crippen LogP contribution in [0.5, 0.6) is 0 Å². The predicted molar refractivity (Wildman–Crippen MR) is 71.1 cm³/mol.